The van der Waals surface area contributed by atoms with Crippen molar-refractivity contribution in [2.45, 2.75) is 32.9 Å². The molecule has 0 atom stereocenters. The highest BCUT2D eigenvalue weighted by molar-refractivity contribution is 5.84. The second-order valence-corrected chi connectivity index (χ2v) is 4.92. The number of para-hydroxylation sites is 1. The van der Waals surface area contributed by atoms with Crippen LogP contribution in [0.2, 0.25) is 0 Å². The molecule has 0 unspecified atom stereocenters. The van der Waals surface area contributed by atoms with E-state index in [1.54, 1.807) is 7.11 Å². The zero-order valence-corrected chi connectivity index (χ0v) is 12.0. The van der Waals surface area contributed by atoms with Gasteiger partial charge in [-0.15, -0.1) is 0 Å². The normalized spacial score (nSPS) is 11.0. The van der Waals surface area contributed by atoms with Gasteiger partial charge in [-0.25, -0.2) is 4.98 Å². The van der Waals surface area contributed by atoms with Gasteiger partial charge in [0.25, 0.3) is 0 Å². The lowest BCUT2D eigenvalue weighted by atomic mass is 10.3. The molecule has 1 amide bonds. The van der Waals surface area contributed by atoms with Gasteiger partial charge in [0.15, 0.2) is 0 Å². The van der Waals surface area contributed by atoms with Crippen LogP contribution in [0.3, 0.4) is 0 Å². The highest BCUT2D eigenvalue weighted by atomic mass is 16.5. The first-order chi connectivity index (χ1) is 9.52. The fraction of sp³-hybridized carbons (Fsp3) is 0.429. The summed E-state index contributed by atoms with van der Waals surface area (Å²) in [4.78, 5) is 16.0. The lowest BCUT2D eigenvalue weighted by Gasteiger charge is -2.10. The molecule has 0 bridgehead atoms. The molecule has 20 heavy (non-hydrogen) atoms. The topological polar surface area (TPSA) is 82.2 Å². The highest BCUT2D eigenvalue weighted by Crippen LogP contribution is 2.26. The molecule has 2 aromatic rings. The number of amides is 1. The van der Waals surface area contributed by atoms with Crippen LogP contribution in [0.4, 0.5) is 5.95 Å². The van der Waals surface area contributed by atoms with Crippen LogP contribution in [-0.2, 0) is 11.3 Å². The summed E-state index contributed by atoms with van der Waals surface area (Å²) in [6, 6.07) is 5.78. The molecule has 2 rings (SSSR count). The van der Waals surface area contributed by atoms with Gasteiger partial charge in [-0.3, -0.25) is 4.79 Å². The number of carbonyl (C=O) groups excluding carboxylic acids is 1. The molecule has 1 aromatic heterocycles. The van der Waals surface area contributed by atoms with Gasteiger partial charge >= 0.3 is 0 Å². The Morgan fingerprint density at radius 2 is 2.25 bits per heavy atom. The lowest BCUT2D eigenvalue weighted by Crippen LogP contribution is -2.30. The van der Waals surface area contributed by atoms with E-state index in [2.05, 4.69) is 10.3 Å². The number of nitrogen functional groups attached to an aromatic ring is 1. The average molecular weight is 276 g/mol. The van der Waals surface area contributed by atoms with Crippen LogP contribution in [-0.4, -0.2) is 28.6 Å². The molecule has 1 aromatic carbocycles. The molecule has 6 heteroatoms. The lowest BCUT2D eigenvalue weighted by molar-refractivity contribution is -0.121. The van der Waals surface area contributed by atoms with Gasteiger partial charge in [-0.05, 0) is 26.0 Å². The number of nitrogens with zero attached hydrogens (tertiary/aromatic N) is 2. The number of anilines is 1. The van der Waals surface area contributed by atoms with E-state index in [4.69, 9.17) is 10.5 Å². The number of nitrogens with one attached hydrogen (secondary N) is 1. The Bertz CT molecular complexity index is 619. The molecular weight excluding hydrogens is 256 g/mol. The Labute approximate surface area is 117 Å². The van der Waals surface area contributed by atoms with Crippen molar-refractivity contribution >= 4 is 22.9 Å². The van der Waals surface area contributed by atoms with Crippen LogP contribution in [0, 0.1) is 0 Å². The second kappa shape index (κ2) is 5.81. The van der Waals surface area contributed by atoms with E-state index in [1.165, 1.54) is 0 Å². The summed E-state index contributed by atoms with van der Waals surface area (Å²) in [6.45, 7) is 4.36. The van der Waals surface area contributed by atoms with Gasteiger partial charge in [0.05, 0.1) is 12.6 Å². The van der Waals surface area contributed by atoms with Crippen LogP contribution < -0.4 is 15.8 Å². The van der Waals surface area contributed by atoms with Gasteiger partial charge in [-0.2, -0.15) is 0 Å². The molecule has 6 nitrogen and oxygen atoms in total. The summed E-state index contributed by atoms with van der Waals surface area (Å²) >= 11 is 0. The number of carbonyl (C=O) groups is 1. The smallest absolute Gasteiger partial charge is 0.221 e. The van der Waals surface area contributed by atoms with Crippen LogP contribution in [0.1, 0.15) is 20.3 Å². The Kier molecular flexibility index (Phi) is 4.12. The molecule has 0 aliphatic heterocycles. The van der Waals surface area contributed by atoms with Crippen molar-refractivity contribution < 1.29 is 9.53 Å². The minimum Gasteiger partial charge on any atom is -0.494 e. The van der Waals surface area contributed by atoms with Gasteiger partial charge in [0.1, 0.15) is 11.3 Å². The Hall–Kier alpha value is -2.24. The Morgan fingerprint density at radius 1 is 1.50 bits per heavy atom. The molecule has 0 aliphatic carbocycles. The molecule has 3 N–H and O–H groups in total. The van der Waals surface area contributed by atoms with E-state index in [0.29, 0.717) is 24.7 Å². The standard InChI is InChI=1S/C14H20N4O2/c1-9(2)16-12(19)7-8-18-10-5-4-6-11(20-3)13(10)17-14(18)15/h4-6,9H,7-8H2,1-3H3,(H2,15,17)(H,16,19). The quantitative estimate of drug-likeness (QED) is 0.868. The Morgan fingerprint density at radius 3 is 2.90 bits per heavy atom. The zero-order chi connectivity index (χ0) is 14.7. The number of ether oxygens (including phenoxy) is 1. The van der Waals surface area contributed by atoms with Gasteiger partial charge in [-0.1, -0.05) is 6.07 Å². The molecule has 1 heterocycles. The summed E-state index contributed by atoms with van der Waals surface area (Å²) in [5.74, 6) is 1.07. The monoisotopic (exact) mass is 276 g/mol. The minimum atomic E-state index is 0.00384. The Balaban J connectivity index is 2.22. The van der Waals surface area contributed by atoms with E-state index in [1.807, 2.05) is 36.6 Å². The predicted octanol–water partition coefficient (Wildman–Crippen LogP) is 1.54. The molecule has 0 spiro atoms. The number of aromatic nitrogens is 2. The van der Waals surface area contributed by atoms with Crippen LogP contribution in [0.15, 0.2) is 18.2 Å². The number of methoxy groups -OCH3 is 1. The van der Waals surface area contributed by atoms with Crippen molar-refractivity contribution in [3.8, 4) is 5.75 Å². The first-order valence-electron chi connectivity index (χ1n) is 6.61. The number of fused-ring (bicyclic) bond motifs is 1. The van der Waals surface area contributed by atoms with Gasteiger partial charge in [0, 0.05) is 19.0 Å². The van der Waals surface area contributed by atoms with Crippen molar-refractivity contribution in [2.75, 3.05) is 12.8 Å². The molecule has 0 saturated carbocycles. The molecular formula is C14H20N4O2. The minimum absolute atomic E-state index is 0.00384. The summed E-state index contributed by atoms with van der Waals surface area (Å²) in [7, 11) is 1.60. The number of aryl methyl sites for hydroxylation is 1. The van der Waals surface area contributed by atoms with Crippen molar-refractivity contribution in [3.63, 3.8) is 0 Å². The third-order valence-electron chi connectivity index (χ3n) is 3.00. The fourth-order valence-corrected chi connectivity index (χ4v) is 2.15. The van der Waals surface area contributed by atoms with E-state index < -0.39 is 0 Å². The average Bonchev–Trinajstić information content (AvgIpc) is 2.71. The number of hydrogen-bond acceptors (Lipinski definition) is 4. The van der Waals surface area contributed by atoms with Crippen molar-refractivity contribution in [3.05, 3.63) is 18.2 Å². The van der Waals surface area contributed by atoms with Crippen molar-refractivity contribution in [1.82, 2.24) is 14.9 Å². The van der Waals surface area contributed by atoms with Crippen molar-refractivity contribution in [1.29, 1.82) is 0 Å². The van der Waals surface area contributed by atoms with E-state index in [0.717, 1.165) is 11.0 Å². The first kappa shape index (κ1) is 14.2. The molecule has 0 radical (unpaired) electrons. The number of benzene rings is 1. The number of imidazole rings is 1. The van der Waals surface area contributed by atoms with Gasteiger partial charge < -0.3 is 20.4 Å². The van der Waals surface area contributed by atoms with Crippen LogP contribution >= 0.6 is 0 Å². The first-order valence-corrected chi connectivity index (χ1v) is 6.61. The highest BCUT2D eigenvalue weighted by Gasteiger charge is 2.13. The maximum atomic E-state index is 11.7. The molecule has 108 valence electrons. The van der Waals surface area contributed by atoms with E-state index in [-0.39, 0.29) is 11.9 Å². The molecule has 0 fully saturated rings. The fourth-order valence-electron chi connectivity index (χ4n) is 2.15. The van der Waals surface area contributed by atoms with Crippen molar-refractivity contribution in [2.24, 2.45) is 0 Å². The number of nitrogens with two attached hydrogens (primary N) is 1. The number of rotatable bonds is 5. The van der Waals surface area contributed by atoms with E-state index in [9.17, 15) is 4.79 Å². The summed E-state index contributed by atoms with van der Waals surface area (Å²) in [5, 5.41) is 2.86. The SMILES string of the molecule is COc1cccc2c1nc(N)n2CCC(=O)NC(C)C. The number of hydrogen-bond donors (Lipinski definition) is 2. The molecule has 0 saturated heterocycles. The van der Waals surface area contributed by atoms with E-state index >= 15 is 0 Å². The second-order valence-electron chi connectivity index (χ2n) is 4.92. The third-order valence-corrected chi connectivity index (χ3v) is 3.00. The van der Waals surface area contributed by atoms with Crippen LogP contribution in [0.25, 0.3) is 11.0 Å². The maximum Gasteiger partial charge on any atom is 0.221 e. The largest absolute Gasteiger partial charge is 0.494 e. The van der Waals surface area contributed by atoms with Crippen LogP contribution in [0.5, 0.6) is 5.75 Å². The zero-order valence-electron chi connectivity index (χ0n) is 12.0. The van der Waals surface area contributed by atoms with Gasteiger partial charge in [0.2, 0.25) is 11.9 Å². The summed E-state index contributed by atoms with van der Waals surface area (Å²) in [5.41, 5.74) is 7.52. The summed E-state index contributed by atoms with van der Waals surface area (Å²) in [6.07, 6.45) is 0.366. The molecule has 0 aliphatic rings. The predicted molar refractivity (Wildman–Crippen MR) is 78.6 cm³/mol. The summed E-state index contributed by atoms with van der Waals surface area (Å²) < 4.78 is 7.09. The third kappa shape index (κ3) is 2.84. The maximum absolute atomic E-state index is 11.7.